The molecule has 1 unspecified atom stereocenters. The molecule has 0 bridgehead atoms. The summed E-state index contributed by atoms with van der Waals surface area (Å²) in [6, 6.07) is 10.9. The van der Waals surface area contributed by atoms with Crippen LogP contribution in [0.1, 0.15) is 55.8 Å². The topological polar surface area (TPSA) is 65.5 Å². The molecule has 0 spiro atoms. The number of amides is 2. The zero-order valence-corrected chi connectivity index (χ0v) is 14.6. The normalized spacial score (nSPS) is 19.1. The highest BCUT2D eigenvalue weighted by Gasteiger charge is 2.27. The van der Waals surface area contributed by atoms with Gasteiger partial charge in [-0.3, -0.25) is 4.98 Å². The first-order valence-electron chi connectivity index (χ1n) is 8.91. The first-order valence-corrected chi connectivity index (χ1v) is 8.91. The predicted octanol–water partition coefficient (Wildman–Crippen LogP) is 4.18. The van der Waals surface area contributed by atoms with Crippen LogP contribution in [-0.4, -0.2) is 27.6 Å². The maximum absolute atomic E-state index is 12.9. The third-order valence-corrected chi connectivity index (χ3v) is 4.81. The minimum absolute atomic E-state index is 0.0560. The number of phenolic OH excluding ortho intramolecular Hbond substituents is 1. The predicted molar refractivity (Wildman–Crippen MR) is 97.2 cm³/mol. The fourth-order valence-corrected chi connectivity index (χ4v) is 3.43. The molecule has 2 aromatic rings. The standard InChI is InChI=1S/C20H25N3O2/c1-15(17-6-5-7-18(24)14-17)22-20(25)23-13-4-2-3-8-19(23)16-9-11-21-12-10-16/h5-7,9-12,14-15,19,24H,2-4,8,13H2,1H3,(H,22,25)/t15-,19?/m0/s1. The van der Waals surface area contributed by atoms with Crippen LogP contribution in [0.25, 0.3) is 0 Å². The van der Waals surface area contributed by atoms with Crippen molar-refractivity contribution >= 4 is 6.03 Å². The summed E-state index contributed by atoms with van der Waals surface area (Å²) >= 11 is 0. The van der Waals surface area contributed by atoms with Crippen molar-refractivity contribution < 1.29 is 9.90 Å². The van der Waals surface area contributed by atoms with E-state index in [1.165, 1.54) is 0 Å². The van der Waals surface area contributed by atoms with Crippen molar-refractivity contribution in [3.8, 4) is 5.75 Å². The average Bonchev–Trinajstić information content (AvgIpc) is 2.88. The number of hydrogen-bond donors (Lipinski definition) is 2. The van der Waals surface area contributed by atoms with Crippen molar-refractivity contribution in [3.63, 3.8) is 0 Å². The fraction of sp³-hybridized carbons (Fsp3) is 0.400. The fourth-order valence-electron chi connectivity index (χ4n) is 3.43. The Morgan fingerprint density at radius 2 is 2.04 bits per heavy atom. The van der Waals surface area contributed by atoms with Gasteiger partial charge in [0.05, 0.1) is 12.1 Å². The molecule has 1 fully saturated rings. The number of benzene rings is 1. The zero-order valence-electron chi connectivity index (χ0n) is 14.6. The second-order valence-electron chi connectivity index (χ2n) is 6.61. The summed E-state index contributed by atoms with van der Waals surface area (Å²) in [6.45, 7) is 2.69. The Kier molecular flexibility index (Phi) is 5.53. The molecule has 2 atom stereocenters. The van der Waals surface area contributed by atoms with Crippen LogP contribution < -0.4 is 5.32 Å². The Hall–Kier alpha value is -2.56. The smallest absolute Gasteiger partial charge is 0.318 e. The number of nitrogens with one attached hydrogen (secondary N) is 1. The molecule has 3 rings (SSSR count). The van der Waals surface area contributed by atoms with Gasteiger partial charge in [-0.15, -0.1) is 0 Å². The minimum Gasteiger partial charge on any atom is -0.508 e. The lowest BCUT2D eigenvalue weighted by molar-refractivity contribution is 0.172. The van der Waals surface area contributed by atoms with E-state index in [1.807, 2.05) is 30.0 Å². The monoisotopic (exact) mass is 339 g/mol. The van der Waals surface area contributed by atoms with E-state index in [0.29, 0.717) is 0 Å². The molecule has 1 aliphatic heterocycles. The summed E-state index contributed by atoms with van der Waals surface area (Å²) in [5, 5.41) is 12.7. The maximum atomic E-state index is 12.9. The van der Waals surface area contributed by atoms with Crippen molar-refractivity contribution in [3.05, 3.63) is 59.9 Å². The van der Waals surface area contributed by atoms with Gasteiger partial charge in [0.25, 0.3) is 0 Å². The minimum atomic E-state index is -0.166. The number of phenols is 1. The lowest BCUT2D eigenvalue weighted by Gasteiger charge is -2.31. The number of carbonyl (C=O) groups excluding carboxylic acids is 1. The molecule has 0 aliphatic carbocycles. The molecule has 0 saturated carbocycles. The quantitative estimate of drug-likeness (QED) is 0.882. The molecule has 1 aliphatic rings. The highest BCUT2D eigenvalue weighted by Crippen LogP contribution is 2.30. The van der Waals surface area contributed by atoms with E-state index in [-0.39, 0.29) is 23.9 Å². The molecule has 132 valence electrons. The van der Waals surface area contributed by atoms with Gasteiger partial charge >= 0.3 is 6.03 Å². The van der Waals surface area contributed by atoms with E-state index in [2.05, 4.69) is 10.3 Å². The van der Waals surface area contributed by atoms with Crippen molar-refractivity contribution in [2.45, 2.75) is 44.7 Å². The number of hydrogen-bond acceptors (Lipinski definition) is 3. The SMILES string of the molecule is C[C@H](NC(=O)N1CCCCCC1c1ccncc1)c1cccc(O)c1. The van der Waals surface area contributed by atoms with E-state index < -0.39 is 0 Å². The molecule has 2 heterocycles. The number of likely N-dealkylation sites (tertiary alicyclic amines) is 1. The lowest BCUT2D eigenvalue weighted by atomic mass is 10.0. The van der Waals surface area contributed by atoms with E-state index in [0.717, 1.165) is 43.4 Å². The lowest BCUT2D eigenvalue weighted by Crippen LogP contribution is -2.43. The second kappa shape index (κ2) is 8.01. The second-order valence-corrected chi connectivity index (χ2v) is 6.61. The molecule has 5 heteroatoms. The Morgan fingerprint density at radius 3 is 2.80 bits per heavy atom. The average molecular weight is 339 g/mol. The molecule has 2 amide bonds. The van der Waals surface area contributed by atoms with Gasteiger partial charge in [0.15, 0.2) is 0 Å². The van der Waals surface area contributed by atoms with Crippen molar-refractivity contribution in [2.75, 3.05) is 6.54 Å². The molecular formula is C20H25N3O2. The Balaban J connectivity index is 1.75. The summed E-state index contributed by atoms with van der Waals surface area (Å²) < 4.78 is 0. The molecule has 1 aromatic heterocycles. The van der Waals surface area contributed by atoms with Gasteiger partial charge in [-0.05, 0) is 55.2 Å². The van der Waals surface area contributed by atoms with Crippen molar-refractivity contribution in [1.82, 2.24) is 15.2 Å². The molecule has 25 heavy (non-hydrogen) atoms. The molecule has 2 N–H and O–H groups in total. The van der Waals surface area contributed by atoms with Crippen LogP contribution in [0.5, 0.6) is 5.75 Å². The van der Waals surface area contributed by atoms with Gasteiger partial charge in [0, 0.05) is 18.9 Å². The summed E-state index contributed by atoms with van der Waals surface area (Å²) in [4.78, 5) is 19.0. The molecule has 1 aromatic carbocycles. The van der Waals surface area contributed by atoms with E-state index >= 15 is 0 Å². The third kappa shape index (κ3) is 4.29. The van der Waals surface area contributed by atoms with Gasteiger partial charge in [0.1, 0.15) is 5.75 Å². The van der Waals surface area contributed by atoms with Crippen LogP contribution in [-0.2, 0) is 0 Å². The van der Waals surface area contributed by atoms with Crippen LogP contribution in [0.3, 0.4) is 0 Å². The van der Waals surface area contributed by atoms with Crippen LogP contribution in [0.15, 0.2) is 48.8 Å². The number of urea groups is 1. The largest absolute Gasteiger partial charge is 0.508 e. The van der Waals surface area contributed by atoms with E-state index in [4.69, 9.17) is 0 Å². The number of aromatic nitrogens is 1. The molecular weight excluding hydrogens is 314 g/mol. The summed E-state index contributed by atoms with van der Waals surface area (Å²) in [5.41, 5.74) is 2.03. The number of aromatic hydroxyl groups is 1. The number of rotatable bonds is 3. The van der Waals surface area contributed by atoms with E-state index in [9.17, 15) is 9.90 Å². The van der Waals surface area contributed by atoms with E-state index in [1.54, 1.807) is 30.6 Å². The Morgan fingerprint density at radius 1 is 1.24 bits per heavy atom. The number of nitrogens with zero attached hydrogens (tertiary/aromatic N) is 2. The highest BCUT2D eigenvalue weighted by atomic mass is 16.3. The molecule has 5 nitrogen and oxygen atoms in total. The van der Waals surface area contributed by atoms with Gasteiger partial charge in [-0.25, -0.2) is 4.79 Å². The van der Waals surface area contributed by atoms with Crippen LogP contribution in [0, 0.1) is 0 Å². The van der Waals surface area contributed by atoms with Crippen LogP contribution in [0.2, 0.25) is 0 Å². The summed E-state index contributed by atoms with van der Waals surface area (Å²) in [5.74, 6) is 0.211. The van der Waals surface area contributed by atoms with Gasteiger partial charge in [0.2, 0.25) is 0 Å². The Labute approximate surface area is 148 Å². The summed E-state index contributed by atoms with van der Waals surface area (Å²) in [7, 11) is 0. The first-order chi connectivity index (χ1) is 12.1. The number of carbonyl (C=O) groups is 1. The van der Waals surface area contributed by atoms with Crippen molar-refractivity contribution in [1.29, 1.82) is 0 Å². The van der Waals surface area contributed by atoms with Gasteiger partial charge in [-0.2, -0.15) is 0 Å². The molecule has 0 radical (unpaired) electrons. The maximum Gasteiger partial charge on any atom is 0.318 e. The first kappa shape index (κ1) is 17.3. The van der Waals surface area contributed by atoms with Crippen LogP contribution >= 0.6 is 0 Å². The number of pyridine rings is 1. The summed E-state index contributed by atoms with van der Waals surface area (Å²) in [6.07, 6.45) is 7.83. The van der Waals surface area contributed by atoms with Gasteiger partial charge < -0.3 is 15.3 Å². The van der Waals surface area contributed by atoms with Gasteiger partial charge in [-0.1, -0.05) is 25.0 Å². The highest BCUT2D eigenvalue weighted by molar-refractivity contribution is 5.75. The zero-order chi connectivity index (χ0) is 17.6. The Bertz CT molecular complexity index is 705. The van der Waals surface area contributed by atoms with Crippen molar-refractivity contribution in [2.24, 2.45) is 0 Å². The molecule has 1 saturated heterocycles. The third-order valence-electron chi connectivity index (χ3n) is 4.81. The van der Waals surface area contributed by atoms with Crippen LogP contribution in [0.4, 0.5) is 4.79 Å².